The summed E-state index contributed by atoms with van der Waals surface area (Å²) in [5, 5.41) is 1.41. The molecule has 1 nitrogen and oxygen atoms in total. The molecule has 5 heteroatoms. The highest BCUT2D eigenvalue weighted by Gasteiger charge is 2.13. The number of benzene rings is 2. The number of aromatic amines is 1. The van der Waals surface area contributed by atoms with Crippen molar-refractivity contribution in [1.29, 1.82) is 0 Å². The maximum absolute atomic E-state index is 14.4. The lowest BCUT2D eigenvalue weighted by Gasteiger charge is -2.07. The first kappa shape index (κ1) is 12.8. The quantitative estimate of drug-likeness (QED) is 0.535. The first-order chi connectivity index (χ1) is 9.08. The SMILES string of the molecule is Fc1c(-c2cc(Cl)c(Cl)c(Cl)c2)ccc2[nH]ccc12. The van der Waals surface area contributed by atoms with Crippen molar-refractivity contribution >= 4 is 45.7 Å². The molecule has 0 radical (unpaired) electrons. The van der Waals surface area contributed by atoms with E-state index in [1.54, 1.807) is 30.5 Å². The van der Waals surface area contributed by atoms with E-state index < -0.39 is 0 Å². The van der Waals surface area contributed by atoms with Crippen molar-refractivity contribution in [2.24, 2.45) is 0 Å². The van der Waals surface area contributed by atoms with Crippen LogP contribution in [0.1, 0.15) is 0 Å². The Balaban J connectivity index is 2.27. The van der Waals surface area contributed by atoms with Crippen molar-refractivity contribution in [3.05, 3.63) is 57.4 Å². The zero-order valence-electron chi connectivity index (χ0n) is 9.48. The number of hydrogen-bond donors (Lipinski definition) is 1. The Morgan fingerprint density at radius 1 is 0.947 bits per heavy atom. The highest BCUT2D eigenvalue weighted by atomic mass is 35.5. The molecule has 96 valence electrons. The largest absolute Gasteiger partial charge is 0.361 e. The highest BCUT2D eigenvalue weighted by Crippen LogP contribution is 2.37. The lowest BCUT2D eigenvalue weighted by Crippen LogP contribution is -1.86. The zero-order chi connectivity index (χ0) is 13.6. The van der Waals surface area contributed by atoms with E-state index in [1.807, 2.05) is 6.07 Å². The van der Waals surface area contributed by atoms with Crippen LogP contribution in [0.2, 0.25) is 15.1 Å². The molecule has 0 spiro atoms. The van der Waals surface area contributed by atoms with Crippen LogP contribution in [-0.4, -0.2) is 4.98 Å². The summed E-state index contributed by atoms with van der Waals surface area (Å²) < 4.78 is 14.4. The van der Waals surface area contributed by atoms with E-state index in [-0.39, 0.29) is 10.8 Å². The molecule has 1 N–H and O–H groups in total. The number of nitrogens with one attached hydrogen (secondary N) is 1. The van der Waals surface area contributed by atoms with Crippen molar-refractivity contribution in [1.82, 2.24) is 4.98 Å². The van der Waals surface area contributed by atoms with E-state index in [9.17, 15) is 4.39 Å². The van der Waals surface area contributed by atoms with Crippen molar-refractivity contribution in [3.8, 4) is 11.1 Å². The Morgan fingerprint density at radius 3 is 2.32 bits per heavy atom. The van der Waals surface area contributed by atoms with Gasteiger partial charge in [-0.05, 0) is 35.9 Å². The van der Waals surface area contributed by atoms with E-state index >= 15 is 0 Å². The van der Waals surface area contributed by atoms with Gasteiger partial charge in [-0.3, -0.25) is 0 Å². The number of hydrogen-bond acceptors (Lipinski definition) is 0. The standard InChI is InChI=1S/C14H7Cl3FN/c15-10-5-7(6-11(16)13(10)17)8-1-2-12-9(14(8)18)3-4-19-12/h1-6,19H. The minimum Gasteiger partial charge on any atom is -0.361 e. The Morgan fingerprint density at radius 2 is 1.63 bits per heavy atom. The van der Waals surface area contributed by atoms with Gasteiger partial charge in [-0.25, -0.2) is 4.39 Å². The summed E-state index contributed by atoms with van der Waals surface area (Å²) in [6.45, 7) is 0. The third kappa shape index (κ3) is 2.10. The van der Waals surface area contributed by atoms with Crippen LogP contribution in [-0.2, 0) is 0 Å². The molecule has 0 saturated heterocycles. The Labute approximate surface area is 123 Å². The topological polar surface area (TPSA) is 15.8 Å². The molecule has 0 aliphatic heterocycles. The molecule has 0 aliphatic carbocycles. The second-order valence-corrected chi connectivity index (χ2v) is 5.31. The minimum atomic E-state index is -0.312. The van der Waals surface area contributed by atoms with Gasteiger partial charge in [-0.2, -0.15) is 0 Å². The molecule has 19 heavy (non-hydrogen) atoms. The second kappa shape index (κ2) is 4.71. The van der Waals surface area contributed by atoms with Gasteiger partial charge < -0.3 is 4.98 Å². The van der Waals surface area contributed by atoms with E-state index in [0.29, 0.717) is 26.6 Å². The number of halogens is 4. The molecule has 3 aromatic rings. The van der Waals surface area contributed by atoms with Gasteiger partial charge in [0, 0.05) is 22.7 Å². The van der Waals surface area contributed by atoms with Gasteiger partial charge in [0.1, 0.15) is 5.82 Å². The van der Waals surface area contributed by atoms with Gasteiger partial charge in [0.25, 0.3) is 0 Å². The van der Waals surface area contributed by atoms with E-state index in [2.05, 4.69) is 4.98 Å². The summed E-state index contributed by atoms with van der Waals surface area (Å²) >= 11 is 17.8. The van der Waals surface area contributed by atoms with Crippen LogP contribution in [0.25, 0.3) is 22.0 Å². The fourth-order valence-corrected chi connectivity index (χ4v) is 2.63. The summed E-state index contributed by atoms with van der Waals surface area (Å²) in [7, 11) is 0. The van der Waals surface area contributed by atoms with Crippen molar-refractivity contribution in [3.63, 3.8) is 0 Å². The van der Waals surface area contributed by atoms with Crippen molar-refractivity contribution < 1.29 is 4.39 Å². The Hall–Kier alpha value is -1.22. The molecule has 3 rings (SSSR count). The van der Waals surface area contributed by atoms with E-state index in [4.69, 9.17) is 34.8 Å². The number of rotatable bonds is 1. The molecule has 0 unspecified atom stereocenters. The number of fused-ring (bicyclic) bond motifs is 1. The minimum absolute atomic E-state index is 0.273. The van der Waals surface area contributed by atoms with E-state index in [1.165, 1.54) is 0 Å². The van der Waals surface area contributed by atoms with Crippen LogP contribution in [0.5, 0.6) is 0 Å². The molecule has 2 aromatic carbocycles. The Bertz CT molecular complexity index is 756. The van der Waals surface area contributed by atoms with Crippen molar-refractivity contribution in [2.75, 3.05) is 0 Å². The number of aromatic nitrogens is 1. The highest BCUT2D eigenvalue weighted by molar-refractivity contribution is 6.48. The zero-order valence-corrected chi connectivity index (χ0v) is 11.7. The second-order valence-electron chi connectivity index (χ2n) is 4.12. The molecular formula is C14H7Cl3FN. The van der Waals surface area contributed by atoms with Crippen LogP contribution in [0.15, 0.2) is 36.5 Å². The fraction of sp³-hybridized carbons (Fsp3) is 0. The molecule has 0 aliphatic rings. The lowest BCUT2D eigenvalue weighted by molar-refractivity contribution is 0.643. The Kier molecular flexibility index (Phi) is 3.17. The smallest absolute Gasteiger partial charge is 0.140 e. The van der Waals surface area contributed by atoms with Gasteiger partial charge in [-0.15, -0.1) is 0 Å². The van der Waals surface area contributed by atoms with Gasteiger partial charge in [-0.1, -0.05) is 34.8 Å². The first-order valence-corrected chi connectivity index (χ1v) is 6.62. The summed E-state index contributed by atoms with van der Waals surface area (Å²) in [6.07, 6.45) is 1.69. The number of H-pyrrole nitrogens is 1. The molecule has 0 bridgehead atoms. The van der Waals surface area contributed by atoms with E-state index in [0.717, 1.165) is 5.52 Å². The monoisotopic (exact) mass is 313 g/mol. The average molecular weight is 315 g/mol. The van der Waals surface area contributed by atoms with Gasteiger partial charge in [0.15, 0.2) is 0 Å². The van der Waals surface area contributed by atoms with Crippen LogP contribution in [0.4, 0.5) is 4.39 Å². The average Bonchev–Trinajstić information content (AvgIpc) is 2.85. The van der Waals surface area contributed by atoms with Crippen LogP contribution >= 0.6 is 34.8 Å². The predicted molar refractivity (Wildman–Crippen MR) is 78.7 cm³/mol. The molecule has 0 fully saturated rings. The molecule has 0 saturated carbocycles. The molecule has 1 aromatic heterocycles. The summed E-state index contributed by atoms with van der Waals surface area (Å²) in [4.78, 5) is 2.96. The van der Waals surface area contributed by atoms with Crippen LogP contribution in [0.3, 0.4) is 0 Å². The summed E-state index contributed by atoms with van der Waals surface area (Å²) in [6, 6.07) is 8.39. The maximum Gasteiger partial charge on any atom is 0.140 e. The van der Waals surface area contributed by atoms with Gasteiger partial charge in [0.05, 0.1) is 15.1 Å². The molecule has 0 atom stereocenters. The molecular weight excluding hydrogens is 308 g/mol. The maximum atomic E-state index is 14.4. The third-order valence-electron chi connectivity index (χ3n) is 2.96. The molecule has 0 amide bonds. The van der Waals surface area contributed by atoms with Crippen molar-refractivity contribution in [2.45, 2.75) is 0 Å². The fourth-order valence-electron chi connectivity index (χ4n) is 2.03. The summed E-state index contributed by atoms with van der Waals surface area (Å²) in [5.74, 6) is -0.312. The third-order valence-corrected chi connectivity index (χ3v) is 4.16. The molecule has 1 heterocycles. The van der Waals surface area contributed by atoms with Crippen LogP contribution < -0.4 is 0 Å². The summed E-state index contributed by atoms with van der Waals surface area (Å²) in [5.41, 5.74) is 1.78. The van der Waals surface area contributed by atoms with Crippen LogP contribution in [0, 0.1) is 5.82 Å². The predicted octanol–water partition coefficient (Wildman–Crippen LogP) is 5.93. The lowest BCUT2D eigenvalue weighted by atomic mass is 10.0. The van der Waals surface area contributed by atoms with Gasteiger partial charge in [0.2, 0.25) is 0 Å². The first-order valence-electron chi connectivity index (χ1n) is 5.48. The normalized spacial score (nSPS) is 11.2. The van der Waals surface area contributed by atoms with Gasteiger partial charge >= 0.3 is 0 Å².